The number of aromatic nitrogens is 1. The van der Waals surface area contributed by atoms with E-state index in [1.807, 2.05) is 29.7 Å². The molecule has 22 heavy (non-hydrogen) atoms. The van der Waals surface area contributed by atoms with Crippen LogP contribution in [0.5, 0.6) is 0 Å². The summed E-state index contributed by atoms with van der Waals surface area (Å²) in [5.41, 5.74) is 2.95. The molecule has 2 aromatic rings. The number of hydrogen-bond acceptors (Lipinski definition) is 3. The van der Waals surface area contributed by atoms with Crippen LogP contribution < -0.4 is 5.19 Å². The van der Waals surface area contributed by atoms with Gasteiger partial charge in [0, 0.05) is 11.7 Å². The standard InChI is InChI=1S/C17H23NO3Si/c1-7-21-17(20)15-14(12(3)19)16(22(4,5)6)13-10-11(2)8-9-18(13)15/h8-10H,7H2,1-6H3. The number of aryl methyl sites for hydroxylation is 1. The van der Waals surface area contributed by atoms with E-state index >= 15 is 0 Å². The number of carbonyl (C=O) groups excluding carboxylic acids is 2. The first-order valence-electron chi connectivity index (χ1n) is 7.51. The maximum Gasteiger partial charge on any atom is 0.356 e. The molecule has 0 unspecified atom stereocenters. The Morgan fingerprint density at radius 2 is 1.91 bits per heavy atom. The Morgan fingerprint density at radius 3 is 2.41 bits per heavy atom. The molecule has 0 N–H and O–H groups in total. The smallest absolute Gasteiger partial charge is 0.356 e. The van der Waals surface area contributed by atoms with Crippen molar-refractivity contribution in [1.29, 1.82) is 0 Å². The molecule has 0 aliphatic carbocycles. The van der Waals surface area contributed by atoms with Gasteiger partial charge in [-0.05, 0) is 43.7 Å². The summed E-state index contributed by atoms with van der Waals surface area (Å²) in [6, 6.07) is 3.98. The third-order valence-electron chi connectivity index (χ3n) is 3.67. The Morgan fingerprint density at radius 1 is 1.27 bits per heavy atom. The fourth-order valence-corrected chi connectivity index (χ4v) is 4.87. The molecule has 0 bridgehead atoms. The highest BCUT2D eigenvalue weighted by atomic mass is 28.3. The van der Waals surface area contributed by atoms with E-state index in [9.17, 15) is 9.59 Å². The van der Waals surface area contributed by atoms with Crippen molar-refractivity contribution in [2.45, 2.75) is 40.4 Å². The van der Waals surface area contributed by atoms with Crippen LogP contribution in [0.1, 0.15) is 40.3 Å². The maximum atomic E-state index is 12.4. The Hall–Kier alpha value is -1.88. The average Bonchev–Trinajstić information content (AvgIpc) is 2.73. The lowest BCUT2D eigenvalue weighted by atomic mass is 10.1. The van der Waals surface area contributed by atoms with Crippen LogP contribution in [0.4, 0.5) is 0 Å². The molecule has 0 aliphatic heterocycles. The SMILES string of the molecule is CCOC(=O)c1c(C(C)=O)c([Si](C)(C)C)c2cc(C)ccn12. The Kier molecular flexibility index (Phi) is 4.29. The van der Waals surface area contributed by atoms with E-state index in [-0.39, 0.29) is 12.4 Å². The van der Waals surface area contributed by atoms with Crippen molar-refractivity contribution in [2.24, 2.45) is 0 Å². The number of ether oxygens (including phenoxy) is 1. The number of rotatable bonds is 4. The van der Waals surface area contributed by atoms with Crippen molar-refractivity contribution in [1.82, 2.24) is 4.40 Å². The largest absolute Gasteiger partial charge is 0.461 e. The summed E-state index contributed by atoms with van der Waals surface area (Å²) in [4.78, 5) is 24.7. The number of hydrogen-bond donors (Lipinski definition) is 0. The average molecular weight is 317 g/mol. The van der Waals surface area contributed by atoms with Gasteiger partial charge in [0.05, 0.1) is 20.2 Å². The normalized spacial score (nSPS) is 11.7. The van der Waals surface area contributed by atoms with Crippen LogP contribution in [0.25, 0.3) is 5.52 Å². The summed E-state index contributed by atoms with van der Waals surface area (Å²) in [5, 5.41) is 1.03. The zero-order valence-corrected chi connectivity index (χ0v) is 15.1. The molecule has 0 atom stereocenters. The summed E-state index contributed by atoms with van der Waals surface area (Å²) in [6.45, 7) is 12.2. The molecule has 0 spiro atoms. The number of carbonyl (C=O) groups is 2. The summed E-state index contributed by atoms with van der Waals surface area (Å²) >= 11 is 0. The molecule has 0 amide bonds. The highest BCUT2D eigenvalue weighted by Gasteiger charge is 2.33. The molecule has 5 heteroatoms. The van der Waals surface area contributed by atoms with E-state index in [1.165, 1.54) is 6.92 Å². The van der Waals surface area contributed by atoms with Gasteiger partial charge in [0.2, 0.25) is 0 Å². The topological polar surface area (TPSA) is 47.8 Å². The van der Waals surface area contributed by atoms with Crippen molar-refractivity contribution >= 4 is 30.5 Å². The van der Waals surface area contributed by atoms with Gasteiger partial charge in [-0.1, -0.05) is 19.6 Å². The monoisotopic (exact) mass is 317 g/mol. The molecule has 2 rings (SSSR count). The fraction of sp³-hybridized carbons (Fsp3) is 0.412. The van der Waals surface area contributed by atoms with Gasteiger partial charge in [-0.3, -0.25) is 4.79 Å². The lowest BCUT2D eigenvalue weighted by molar-refractivity contribution is 0.0515. The molecule has 2 heterocycles. The van der Waals surface area contributed by atoms with Crippen LogP contribution in [0.2, 0.25) is 19.6 Å². The second-order valence-corrected chi connectivity index (χ2v) is 11.6. The summed E-state index contributed by atoms with van der Waals surface area (Å²) in [5.74, 6) is -0.516. The van der Waals surface area contributed by atoms with E-state index in [4.69, 9.17) is 4.74 Å². The van der Waals surface area contributed by atoms with Gasteiger partial charge < -0.3 is 9.14 Å². The van der Waals surface area contributed by atoms with E-state index in [2.05, 4.69) is 19.6 Å². The lowest BCUT2D eigenvalue weighted by Crippen LogP contribution is -2.40. The van der Waals surface area contributed by atoms with Gasteiger partial charge in [0.25, 0.3) is 0 Å². The van der Waals surface area contributed by atoms with Crippen LogP contribution in [-0.2, 0) is 4.74 Å². The van der Waals surface area contributed by atoms with Crippen LogP contribution >= 0.6 is 0 Å². The minimum Gasteiger partial charge on any atom is -0.461 e. The highest BCUT2D eigenvalue weighted by molar-refractivity contribution is 6.91. The molecule has 0 fully saturated rings. The van der Waals surface area contributed by atoms with Crippen molar-refractivity contribution in [2.75, 3.05) is 6.61 Å². The maximum absolute atomic E-state index is 12.4. The van der Waals surface area contributed by atoms with E-state index in [0.29, 0.717) is 11.3 Å². The Balaban J connectivity index is 2.97. The molecular formula is C17H23NO3Si. The molecular weight excluding hydrogens is 294 g/mol. The number of fused-ring (bicyclic) bond motifs is 1. The quantitative estimate of drug-likeness (QED) is 0.494. The number of ketones is 1. The van der Waals surface area contributed by atoms with Gasteiger partial charge in [-0.15, -0.1) is 0 Å². The van der Waals surface area contributed by atoms with Crippen LogP contribution in [0, 0.1) is 6.92 Å². The van der Waals surface area contributed by atoms with E-state index < -0.39 is 14.0 Å². The Labute approximate surface area is 132 Å². The molecule has 0 saturated heterocycles. The third-order valence-corrected chi connectivity index (χ3v) is 5.67. The number of pyridine rings is 1. The zero-order chi connectivity index (χ0) is 16.7. The minimum atomic E-state index is -1.83. The van der Waals surface area contributed by atoms with Crippen LogP contribution in [0.3, 0.4) is 0 Å². The summed E-state index contributed by atoms with van der Waals surface area (Å²) < 4.78 is 7.00. The van der Waals surface area contributed by atoms with Crippen LogP contribution in [-0.4, -0.2) is 30.8 Å². The van der Waals surface area contributed by atoms with E-state index in [1.54, 1.807) is 6.92 Å². The first-order chi connectivity index (χ1) is 10.2. The minimum absolute atomic E-state index is 0.0816. The summed E-state index contributed by atoms with van der Waals surface area (Å²) in [6.07, 6.45) is 1.85. The molecule has 0 saturated carbocycles. The number of esters is 1. The second kappa shape index (κ2) is 5.72. The molecule has 0 aliphatic rings. The predicted octanol–water partition coefficient (Wildman–Crippen LogP) is 3.17. The second-order valence-electron chi connectivity index (χ2n) is 6.58. The zero-order valence-electron chi connectivity index (χ0n) is 14.1. The number of nitrogens with zero attached hydrogens (tertiary/aromatic N) is 1. The fourth-order valence-electron chi connectivity index (χ4n) is 2.86. The third kappa shape index (κ3) is 2.73. The van der Waals surface area contributed by atoms with Crippen molar-refractivity contribution in [3.63, 3.8) is 0 Å². The highest BCUT2D eigenvalue weighted by Crippen LogP contribution is 2.22. The van der Waals surface area contributed by atoms with Crippen molar-refractivity contribution in [3.8, 4) is 0 Å². The molecule has 2 aromatic heterocycles. The van der Waals surface area contributed by atoms with Gasteiger partial charge in [-0.2, -0.15) is 0 Å². The molecule has 118 valence electrons. The first kappa shape index (κ1) is 16.5. The van der Waals surface area contributed by atoms with Gasteiger partial charge in [0.1, 0.15) is 5.69 Å². The summed E-state index contributed by atoms with van der Waals surface area (Å²) in [7, 11) is -1.83. The van der Waals surface area contributed by atoms with Crippen molar-refractivity contribution in [3.05, 3.63) is 35.2 Å². The number of Topliss-reactive ketones (excluding diaryl/α,β-unsaturated/α-hetero) is 1. The lowest BCUT2D eigenvalue weighted by Gasteiger charge is -2.17. The van der Waals surface area contributed by atoms with Crippen molar-refractivity contribution < 1.29 is 14.3 Å². The Bertz CT molecular complexity index is 753. The van der Waals surface area contributed by atoms with Gasteiger partial charge in [-0.25, -0.2) is 4.79 Å². The van der Waals surface area contributed by atoms with E-state index in [0.717, 1.165) is 16.3 Å². The first-order valence-corrected chi connectivity index (χ1v) is 11.0. The molecule has 0 radical (unpaired) electrons. The van der Waals surface area contributed by atoms with Crippen LogP contribution in [0.15, 0.2) is 18.3 Å². The molecule has 4 nitrogen and oxygen atoms in total. The van der Waals surface area contributed by atoms with Gasteiger partial charge in [0.15, 0.2) is 5.78 Å². The predicted molar refractivity (Wildman–Crippen MR) is 91.1 cm³/mol. The molecule has 0 aromatic carbocycles. The van der Waals surface area contributed by atoms with Gasteiger partial charge >= 0.3 is 5.97 Å².